The summed E-state index contributed by atoms with van der Waals surface area (Å²) in [5.74, 6) is -0.253. The van der Waals surface area contributed by atoms with Gasteiger partial charge in [-0.3, -0.25) is 4.79 Å². The normalized spacial score (nSPS) is 10.5. The number of aromatic nitrogens is 1. The Morgan fingerprint density at radius 1 is 1.24 bits per heavy atom. The summed E-state index contributed by atoms with van der Waals surface area (Å²) in [7, 11) is 0. The van der Waals surface area contributed by atoms with Crippen LogP contribution in [0.2, 0.25) is 5.02 Å². The predicted octanol–water partition coefficient (Wildman–Crippen LogP) is 4.12. The number of hydrogen-bond acceptors (Lipinski definition) is 3. The van der Waals surface area contributed by atoms with E-state index >= 15 is 0 Å². The molecule has 0 saturated carbocycles. The van der Waals surface area contributed by atoms with Crippen LogP contribution in [0, 0.1) is 6.92 Å². The lowest BCUT2D eigenvalue weighted by Gasteiger charge is -2.11. The van der Waals surface area contributed by atoms with Crippen LogP contribution in [0.25, 0.3) is 0 Å². The van der Waals surface area contributed by atoms with Crippen LogP contribution in [0.3, 0.4) is 0 Å². The molecule has 0 saturated heterocycles. The summed E-state index contributed by atoms with van der Waals surface area (Å²) in [6.07, 6.45) is 1.65. The minimum atomic E-state index is -0.253. The molecular formula is C16H18ClN3O. The standard InChI is InChI=1S/C16H18ClN3O/c1-10(2)19-13-6-7-14(18-9-13)16(21)20-15-8-12(17)5-4-11(15)3/h4-10,19H,1-3H3,(H,20,21). The summed E-state index contributed by atoms with van der Waals surface area (Å²) in [6, 6.07) is 9.23. The van der Waals surface area contributed by atoms with Crippen LogP contribution >= 0.6 is 11.6 Å². The zero-order valence-electron chi connectivity index (χ0n) is 12.3. The highest BCUT2D eigenvalue weighted by molar-refractivity contribution is 6.31. The van der Waals surface area contributed by atoms with Crippen LogP contribution < -0.4 is 10.6 Å². The lowest BCUT2D eigenvalue weighted by molar-refractivity contribution is 0.102. The van der Waals surface area contributed by atoms with Gasteiger partial charge in [0.1, 0.15) is 5.69 Å². The molecular weight excluding hydrogens is 286 g/mol. The number of amides is 1. The number of nitrogens with one attached hydrogen (secondary N) is 2. The van der Waals surface area contributed by atoms with Crippen LogP contribution in [-0.2, 0) is 0 Å². The second-order valence-electron chi connectivity index (χ2n) is 5.14. The Balaban J connectivity index is 2.11. The number of aryl methyl sites for hydroxylation is 1. The molecule has 0 bridgehead atoms. The van der Waals surface area contributed by atoms with Gasteiger partial charge in [-0.2, -0.15) is 0 Å². The van der Waals surface area contributed by atoms with Crippen molar-refractivity contribution in [1.82, 2.24) is 4.98 Å². The maximum absolute atomic E-state index is 12.2. The van der Waals surface area contributed by atoms with Crippen LogP contribution in [0.15, 0.2) is 36.5 Å². The van der Waals surface area contributed by atoms with Gasteiger partial charge in [-0.25, -0.2) is 4.98 Å². The Hall–Kier alpha value is -2.07. The number of benzene rings is 1. The zero-order valence-corrected chi connectivity index (χ0v) is 13.0. The highest BCUT2D eigenvalue weighted by Crippen LogP contribution is 2.20. The molecule has 1 aromatic heterocycles. The maximum Gasteiger partial charge on any atom is 0.274 e. The fourth-order valence-electron chi connectivity index (χ4n) is 1.86. The van der Waals surface area contributed by atoms with Gasteiger partial charge in [-0.1, -0.05) is 17.7 Å². The molecule has 2 N–H and O–H groups in total. The fourth-order valence-corrected chi connectivity index (χ4v) is 2.03. The largest absolute Gasteiger partial charge is 0.382 e. The Bertz CT molecular complexity index is 638. The average molecular weight is 304 g/mol. The third kappa shape index (κ3) is 4.20. The van der Waals surface area contributed by atoms with E-state index in [0.717, 1.165) is 11.3 Å². The molecule has 1 heterocycles. The zero-order chi connectivity index (χ0) is 15.4. The van der Waals surface area contributed by atoms with Gasteiger partial charge in [0, 0.05) is 16.8 Å². The number of anilines is 2. The lowest BCUT2D eigenvalue weighted by Crippen LogP contribution is -2.15. The van der Waals surface area contributed by atoms with Crippen LogP contribution in [0.4, 0.5) is 11.4 Å². The lowest BCUT2D eigenvalue weighted by atomic mass is 10.2. The summed E-state index contributed by atoms with van der Waals surface area (Å²) < 4.78 is 0. The minimum Gasteiger partial charge on any atom is -0.382 e. The second-order valence-corrected chi connectivity index (χ2v) is 5.58. The van der Waals surface area contributed by atoms with Gasteiger partial charge >= 0.3 is 0 Å². The minimum absolute atomic E-state index is 0.253. The van der Waals surface area contributed by atoms with Gasteiger partial charge < -0.3 is 10.6 Å². The van der Waals surface area contributed by atoms with E-state index in [9.17, 15) is 4.79 Å². The SMILES string of the molecule is Cc1ccc(Cl)cc1NC(=O)c1ccc(NC(C)C)cn1. The van der Waals surface area contributed by atoms with Crippen molar-refractivity contribution >= 4 is 28.9 Å². The van der Waals surface area contributed by atoms with E-state index in [4.69, 9.17) is 11.6 Å². The van der Waals surface area contributed by atoms with Gasteiger partial charge in [0.25, 0.3) is 5.91 Å². The van der Waals surface area contributed by atoms with Crippen LogP contribution in [0.5, 0.6) is 0 Å². The van der Waals surface area contributed by atoms with Crippen LogP contribution in [0.1, 0.15) is 29.9 Å². The van der Waals surface area contributed by atoms with Gasteiger partial charge in [0.15, 0.2) is 0 Å². The molecule has 4 nitrogen and oxygen atoms in total. The Kier molecular flexibility index (Phi) is 4.81. The van der Waals surface area contributed by atoms with E-state index in [1.807, 2.05) is 32.9 Å². The molecule has 0 spiro atoms. The summed E-state index contributed by atoms with van der Waals surface area (Å²) in [4.78, 5) is 16.3. The summed E-state index contributed by atoms with van der Waals surface area (Å²) >= 11 is 5.94. The molecule has 0 fully saturated rings. The molecule has 0 atom stereocenters. The average Bonchev–Trinajstić information content (AvgIpc) is 2.43. The van der Waals surface area contributed by atoms with Crippen molar-refractivity contribution in [2.75, 3.05) is 10.6 Å². The first-order valence-corrected chi connectivity index (χ1v) is 7.13. The Morgan fingerprint density at radius 2 is 2.00 bits per heavy atom. The van der Waals surface area contributed by atoms with Gasteiger partial charge in [0.05, 0.1) is 11.9 Å². The Labute approximate surface area is 129 Å². The quantitative estimate of drug-likeness (QED) is 0.893. The highest BCUT2D eigenvalue weighted by Gasteiger charge is 2.09. The van der Waals surface area contributed by atoms with E-state index in [2.05, 4.69) is 15.6 Å². The predicted molar refractivity (Wildman–Crippen MR) is 87.1 cm³/mol. The van der Waals surface area contributed by atoms with E-state index < -0.39 is 0 Å². The molecule has 0 radical (unpaired) electrons. The number of rotatable bonds is 4. The third-order valence-corrected chi connectivity index (χ3v) is 3.13. The molecule has 110 valence electrons. The summed E-state index contributed by atoms with van der Waals surface area (Å²) in [6.45, 7) is 6.00. The molecule has 2 rings (SSSR count). The smallest absolute Gasteiger partial charge is 0.274 e. The fraction of sp³-hybridized carbons (Fsp3) is 0.250. The molecule has 1 amide bonds. The van der Waals surface area contributed by atoms with E-state index in [1.54, 1.807) is 24.4 Å². The molecule has 2 aromatic rings. The first kappa shape index (κ1) is 15.3. The van der Waals surface area contributed by atoms with Crippen molar-refractivity contribution in [3.05, 3.63) is 52.8 Å². The maximum atomic E-state index is 12.2. The number of carbonyl (C=O) groups is 1. The van der Waals surface area contributed by atoms with Gasteiger partial charge in [0.2, 0.25) is 0 Å². The summed E-state index contributed by atoms with van der Waals surface area (Å²) in [5, 5.41) is 6.63. The Morgan fingerprint density at radius 3 is 2.62 bits per heavy atom. The number of nitrogens with zero attached hydrogens (tertiary/aromatic N) is 1. The van der Waals surface area contributed by atoms with Gasteiger partial charge in [-0.05, 0) is 50.6 Å². The number of pyridine rings is 1. The van der Waals surface area contributed by atoms with Crippen molar-refractivity contribution in [3.8, 4) is 0 Å². The molecule has 5 heteroatoms. The van der Waals surface area contributed by atoms with Gasteiger partial charge in [-0.15, -0.1) is 0 Å². The first-order chi connectivity index (χ1) is 9.95. The topological polar surface area (TPSA) is 54.0 Å². The molecule has 0 unspecified atom stereocenters. The molecule has 0 aliphatic rings. The molecule has 1 aromatic carbocycles. The number of halogens is 1. The van der Waals surface area contributed by atoms with Crippen molar-refractivity contribution in [2.45, 2.75) is 26.8 Å². The highest BCUT2D eigenvalue weighted by atomic mass is 35.5. The van der Waals surface area contributed by atoms with Crippen molar-refractivity contribution < 1.29 is 4.79 Å². The van der Waals surface area contributed by atoms with Crippen molar-refractivity contribution in [2.24, 2.45) is 0 Å². The molecule has 0 aliphatic heterocycles. The summed E-state index contributed by atoms with van der Waals surface area (Å²) in [5.41, 5.74) is 2.90. The van der Waals surface area contributed by atoms with E-state index in [-0.39, 0.29) is 5.91 Å². The van der Waals surface area contributed by atoms with Crippen molar-refractivity contribution in [3.63, 3.8) is 0 Å². The molecule has 21 heavy (non-hydrogen) atoms. The van der Waals surface area contributed by atoms with E-state index in [1.165, 1.54) is 0 Å². The molecule has 0 aliphatic carbocycles. The number of carbonyl (C=O) groups excluding carboxylic acids is 1. The van der Waals surface area contributed by atoms with Crippen molar-refractivity contribution in [1.29, 1.82) is 0 Å². The third-order valence-electron chi connectivity index (χ3n) is 2.90. The first-order valence-electron chi connectivity index (χ1n) is 6.76. The monoisotopic (exact) mass is 303 g/mol. The van der Waals surface area contributed by atoms with Crippen LogP contribution in [-0.4, -0.2) is 16.9 Å². The van der Waals surface area contributed by atoms with E-state index in [0.29, 0.717) is 22.4 Å². The second kappa shape index (κ2) is 6.59. The number of hydrogen-bond donors (Lipinski definition) is 2.